The lowest BCUT2D eigenvalue weighted by Gasteiger charge is -2.07. The number of halogens is 1. The van der Waals surface area contributed by atoms with Gasteiger partial charge in [-0.3, -0.25) is 4.79 Å². The maximum absolute atomic E-state index is 12.6. The molecule has 0 spiro atoms. The number of ether oxygens (including phenoxy) is 1. The van der Waals surface area contributed by atoms with Gasteiger partial charge >= 0.3 is 0 Å². The molecule has 0 bridgehead atoms. The Morgan fingerprint density at radius 3 is 2.94 bits per heavy atom. The molecule has 0 fully saturated rings. The van der Waals surface area contributed by atoms with Crippen molar-refractivity contribution in [2.45, 2.75) is 6.54 Å². The Hall–Kier alpha value is -3.68. The van der Waals surface area contributed by atoms with Crippen molar-refractivity contribution in [3.8, 4) is 23.0 Å². The van der Waals surface area contributed by atoms with Crippen LogP contribution >= 0.6 is 22.6 Å². The minimum absolute atomic E-state index is 0.0467. The second-order valence-electron chi connectivity index (χ2n) is 6.36. The van der Waals surface area contributed by atoms with Gasteiger partial charge in [-0.25, -0.2) is 15.0 Å². The van der Waals surface area contributed by atoms with Crippen molar-refractivity contribution in [2.24, 2.45) is 5.10 Å². The Labute approximate surface area is 189 Å². The summed E-state index contributed by atoms with van der Waals surface area (Å²) in [7, 11) is 1.46. The summed E-state index contributed by atoms with van der Waals surface area (Å²) >= 11 is 1.98. The van der Waals surface area contributed by atoms with Gasteiger partial charge in [0, 0.05) is 0 Å². The first-order valence-electron chi connectivity index (χ1n) is 8.90. The number of phenolic OH excluding ortho intramolecular Hbond substituents is 1. The number of phenols is 1. The van der Waals surface area contributed by atoms with Gasteiger partial charge in [-0.15, -0.1) is 0 Å². The Morgan fingerprint density at radius 1 is 1.39 bits per heavy atom. The third-order valence-corrected chi connectivity index (χ3v) is 5.18. The van der Waals surface area contributed by atoms with Crippen molar-refractivity contribution in [3.05, 3.63) is 45.5 Å². The average Bonchev–Trinajstić information content (AvgIpc) is 3.33. The lowest BCUT2D eigenvalue weighted by atomic mass is 10.2. The van der Waals surface area contributed by atoms with Crippen molar-refractivity contribution >= 4 is 51.6 Å². The normalized spacial score (nSPS) is 11.3. The first kappa shape index (κ1) is 20.6. The van der Waals surface area contributed by atoms with Crippen molar-refractivity contribution < 1.29 is 19.3 Å². The van der Waals surface area contributed by atoms with Gasteiger partial charge in [-0.05, 0) is 62.7 Å². The van der Waals surface area contributed by atoms with Gasteiger partial charge in [-0.2, -0.15) is 5.10 Å². The number of nitrogens with two attached hydrogens (primary N) is 1. The van der Waals surface area contributed by atoms with Gasteiger partial charge in [0.2, 0.25) is 0 Å². The predicted molar refractivity (Wildman–Crippen MR) is 121 cm³/mol. The highest BCUT2D eigenvalue weighted by molar-refractivity contribution is 14.1. The van der Waals surface area contributed by atoms with E-state index in [0.29, 0.717) is 26.2 Å². The van der Waals surface area contributed by atoms with E-state index >= 15 is 0 Å². The quantitative estimate of drug-likeness (QED) is 0.194. The van der Waals surface area contributed by atoms with Crippen LogP contribution in [0.25, 0.3) is 22.6 Å². The van der Waals surface area contributed by atoms with Crippen molar-refractivity contribution in [1.29, 1.82) is 0 Å². The van der Waals surface area contributed by atoms with Gasteiger partial charge in [0.25, 0.3) is 5.91 Å². The van der Waals surface area contributed by atoms with Crippen LogP contribution in [0, 0.1) is 3.57 Å². The number of amides is 1. The molecule has 158 valence electrons. The fourth-order valence-corrected chi connectivity index (χ4v) is 3.57. The highest BCUT2D eigenvalue weighted by atomic mass is 127. The summed E-state index contributed by atoms with van der Waals surface area (Å²) in [5, 5.41) is 21.3. The Morgan fingerprint density at radius 2 is 2.19 bits per heavy atom. The number of carbonyl (C=O) groups is 1. The number of fused-ring (bicyclic) bond motifs is 1. The largest absolute Gasteiger partial charge is 0.504 e. The average molecular weight is 533 g/mol. The maximum atomic E-state index is 12.6. The van der Waals surface area contributed by atoms with Gasteiger partial charge in [0.1, 0.15) is 6.54 Å². The molecule has 0 radical (unpaired) electrons. The first-order valence-corrected chi connectivity index (χ1v) is 9.98. The molecule has 0 atom stereocenters. The standard InChI is InChI=1S/C19H16IN7O4/c1-30-14-7-10(6-11(20)17(14)29)8-22-24-15(28)9-27-13-5-3-2-4-12(13)23-19(27)16-18(21)26-31-25-16/h2-8,29H,9H2,1H3,(H2,21,26)(H,24,28)/b22-8-. The number of hydrazone groups is 1. The van der Waals surface area contributed by atoms with Crippen molar-refractivity contribution in [2.75, 3.05) is 12.8 Å². The molecule has 4 rings (SSSR count). The number of benzene rings is 2. The van der Waals surface area contributed by atoms with E-state index in [-0.39, 0.29) is 23.8 Å². The molecule has 1 amide bonds. The third kappa shape index (κ3) is 4.14. The highest BCUT2D eigenvalue weighted by Gasteiger charge is 2.20. The molecule has 0 unspecified atom stereocenters. The molecule has 0 saturated carbocycles. The molecule has 2 aromatic carbocycles. The monoisotopic (exact) mass is 533 g/mol. The van der Waals surface area contributed by atoms with Gasteiger partial charge < -0.3 is 20.1 Å². The Kier molecular flexibility index (Phi) is 5.70. The third-order valence-electron chi connectivity index (χ3n) is 4.36. The number of nitrogens with zero attached hydrogens (tertiary/aromatic N) is 5. The number of aromatic nitrogens is 4. The SMILES string of the molecule is COc1cc(/C=N\NC(=O)Cn2c(-c3nonc3N)nc3ccccc32)cc(I)c1O. The number of nitrogens with one attached hydrogen (secondary N) is 1. The van der Waals surface area contributed by atoms with Crippen LogP contribution < -0.4 is 15.9 Å². The molecule has 0 aliphatic carbocycles. The summed E-state index contributed by atoms with van der Waals surface area (Å²) in [5.74, 6) is 0.400. The fourth-order valence-electron chi connectivity index (χ4n) is 2.95. The molecule has 4 aromatic rings. The summed E-state index contributed by atoms with van der Waals surface area (Å²) in [6.07, 6.45) is 1.45. The number of anilines is 1. The molecule has 11 nitrogen and oxygen atoms in total. The Balaban J connectivity index is 1.56. The number of nitrogen functional groups attached to an aromatic ring is 1. The van der Waals surface area contributed by atoms with Crippen LogP contribution in [0.5, 0.6) is 11.5 Å². The molecular formula is C19H16IN7O4. The van der Waals surface area contributed by atoms with Crippen LogP contribution in [0.4, 0.5) is 5.82 Å². The van der Waals surface area contributed by atoms with Crippen LogP contribution in [0.3, 0.4) is 0 Å². The number of para-hydroxylation sites is 2. The zero-order chi connectivity index (χ0) is 22.0. The fraction of sp³-hybridized carbons (Fsp3) is 0.105. The number of carbonyl (C=O) groups excluding carboxylic acids is 1. The number of rotatable bonds is 6. The first-order chi connectivity index (χ1) is 15.0. The van der Waals surface area contributed by atoms with E-state index in [1.165, 1.54) is 13.3 Å². The second kappa shape index (κ2) is 8.59. The molecule has 31 heavy (non-hydrogen) atoms. The molecule has 2 heterocycles. The maximum Gasteiger partial charge on any atom is 0.260 e. The zero-order valence-corrected chi connectivity index (χ0v) is 18.3. The van der Waals surface area contributed by atoms with Crippen LogP contribution in [0.1, 0.15) is 5.56 Å². The van der Waals surface area contributed by atoms with Gasteiger partial charge in [-0.1, -0.05) is 12.1 Å². The van der Waals surface area contributed by atoms with Gasteiger partial charge in [0.15, 0.2) is 28.8 Å². The summed E-state index contributed by atoms with van der Waals surface area (Å²) in [6, 6.07) is 10.6. The molecule has 12 heteroatoms. The number of methoxy groups -OCH3 is 1. The van der Waals surface area contributed by atoms with E-state index in [1.807, 2.05) is 46.9 Å². The summed E-state index contributed by atoms with van der Waals surface area (Å²) in [4.78, 5) is 17.1. The number of aromatic hydroxyl groups is 1. The van der Waals surface area contributed by atoms with E-state index in [0.717, 1.165) is 5.52 Å². The van der Waals surface area contributed by atoms with Crippen molar-refractivity contribution in [3.63, 3.8) is 0 Å². The van der Waals surface area contributed by atoms with E-state index in [2.05, 4.69) is 30.5 Å². The number of imidazole rings is 1. The van der Waals surface area contributed by atoms with E-state index in [1.54, 1.807) is 16.7 Å². The molecule has 4 N–H and O–H groups in total. The molecule has 0 saturated heterocycles. The minimum Gasteiger partial charge on any atom is -0.504 e. The van der Waals surface area contributed by atoms with Gasteiger partial charge in [0.05, 0.1) is 27.9 Å². The van der Waals surface area contributed by atoms with Crippen LogP contribution in [-0.4, -0.2) is 44.2 Å². The second-order valence-corrected chi connectivity index (χ2v) is 7.52. The van der Waals surface area contributed by atoms with E-state index in [4.69, 9.17) is 10.5 Å². The molecule has 0 aliphatic rings. The number of hydrogen-bond acceptors (Lipinski definition) is 9. The molecule has 0 aliphatic heterocycles. The molecular weight excluding hydrogens is 517 g/mol. The summed E-state index contributed by atoms with van der Waals surface area (Å²) in [5.41, 5.74) is 10.6. The lowest BCUT2D eigenvalue weighted by molar-refractivity contribution is -0.121. The number of hydrogen-bond donors (Lipinski definition) is 3. The molecule has 2 aromatic heterocycles. The lowest BCUT2D eigenvalue weighted by Crippen LogP contribution is -2.23. The van der Waals surface area contributed by atoms with E-state index in [9.17, 15) is 9.90 Å². The van der Waals surface area contributed by atoms with Crippen LogP contribution in [-0.2, 0) is 11.3 Å². The van der Waals surface area contributed by atoms with E-state index < -0.39 is 5.91 Å². The zero-order valence-electron chi connectivity index (χ0n) is 16.1. The van der Waals surface area contributed by atoms with Crippen LogP contribution in [0.15, 0.2) is 46.1 Å². The summed E-state index contributed by atoms with van der Waals surface area (Å²) < 4.78 is 12.0. The predicted octanol–water partition coefficient (Wildman–Crippen LogP) is 2.14. The van der Waals surface area contributed by atoms with Crippen molar-refractivity contribution in [1.82, 2.24) is 25.3 Å². The van der Waals surface area contributed by atoms with Crippen LogP contribution in [0.2, 0.25) is 0 Å². The highest BCUT2D eigenvalue weighted by Crippen LogP contribution is 2.32. The minimum atomic E-state index is -0.392. The topological polar surface area (TPSA) is 154 Å². The Bertz CT molecular complexity index is 1300. The summed E-state index contributed by atoms with van der Waals surface area (Å²) in [6.45, 7) is -0.0874. The smallest absolute Gasteiger partial charge is 0.260 e.